The molecule has 2 aliphatic rings. The Morgan fingerprint density at radius 3 is 3.00 bits per heavy atom. The molecule has 3 N–H and O–H groups in total. The zero-order valence-corrected chi connectivity index (χ0v) is 7.37. The minimum Gasteiger partial charge on any atom is -0.316 e. The molecule has 7 heteroatoms. The van der Waals surface area contributed by atoms with Crippen molar-refractivity contribution in [3.8, 4) is 0 Å². The lowest BCUT2D eigenvalue weighted by Gasteiger charge is -2.14. The Kier molecular flexibility index (Phi) is 1.55. The Labute approximate surface area is 75.8 Å². The molecule has 1 atom stereocenters. The summed E-state index contributed by atoms with van der Waals surface area (Å²) < 4.78 is 0.348. The molecule has 6 nitrogen and oxygen atoms in total. The van der Waals surface area contributed by atoms with Gasteiger partial charge in [0.15, 0.2) is 22.6 Å². The van der Waals surface area contributed by atoms with E-state index < -0.39 is 6.29 Å². The molecule has 0 aliphatic carbocycles. The highest BCUT2D eigenvalue weighted by molar-refractivity contribution is 9.18. The monoisotopic (exact) mass is 229 g/mol. The van der Waals surface area contributed by atoms with Gasteiger partial charge in [-0.3, -0.25) is 10.5 Å². The third kappa shape index (κ3) is 1.07. The maximum Gasteiger partial charge on any atom is 0.276 e. The highest BCUT2D eigenvalue weighted by Gasteiger charge is 2.29. The van der Waals surface area contributed by atoms with Crippen LogP contribution in [0.2, 0.25) is 0 Å². The van der Waals surface area contributed by atoms with Crippen LogP contribution >= 0.6 is 15.9 Å². The summed E-state index contributed by atoms with van der Waals surface area (Å²) in [6.45, 7) is 0. The number of amidine groups is 2. The number of aliphatic imine (C=N–C) groups is 3. The summed E-state index contributed by atoms with van der Waals surface area (Å²) in [7, 11) is 0. The van der Waals surface area contributed by atoms with Crippen molar-refractivity contribution in [1.29, 1.82) is 0 Å². The third-order valence-corrected chi connectivity index (χ3v) is 1.72. The number of carbonyl (C=O) groups excluding carboxylic acids is 1. The zero-order valence-electron chi connectivity index (χ0n) is 5.78. The van der Waals surface area contributed by atoms with E-state index in [1.807, 2.05) is 0 Å². The van der Waals surface area contributed by atoms with Crippen LogP contribution in [0.3, 0.4) is 0 Å². The van der Waals surface area contributed by atoms with Gasteiger partial charge in [0.25, 0.3) is 5.91 Å². The second kappa shape index (κ2) is 2.46. The van der Waals surface area contributed by atoms with Crippen LogP contribution in [0.15, 0.2) is 15.0 Å². The molecule has 2 aliphatic heterocycles. The van der Waals surface area contributed by atoms with Crippen LogP contribution in [0.25, 0.3) is 0 Å². The van der Waals surface area contributed by atoms with Gasteiger partial charge in [-0.25, -0.2) is 15.0 Å². The number of nitrogens with two attached hydrogens (primary N) is 1. The van der Waals surface area contributed by atoms with Gasteiger partial charge in [0.05, 0.1) is 0 Å². The number of carbonyl (C=O) groups is 1. The van der Waals surface area contributed by atoms with Crippen molar-refractivity contribution in [2.75, 3.05) is 0 Å². The molecule has 0 spiro atoms. The lowest BCUT2D eigenvalue weighted by atomic mass is 10.3. The molecule has 0 fully saturated rings. The molecule has 2 rings (SSSR count). The first-order valence-corrected chi connectivity index (χ1v) is 3.93. The number of hydrogen-bond donors (Lipinski definition) is 2. The highest BCUT2D eigenvalue weighted by Crippen LogP contribution is 2.08. The smallest absolute Gasteiger partial charge is 0.276 e. The molecular weight excluding hydrogens is 226 g/mol. The number of hydrogen-bond acceptors (Lipinski definition) is 5. The standard InChI is InChI=1S/C5H4BrN5O/c6-4-8-1-2(9-4)10-5(7)11-3(1)12/h5H,7H2,(H,11,12)/t5-/m1/s1. The van der Waals surface area contributed by atoms with Gasteiger partial charge in [-0.05, 0) is 15.9 Å². The SMILES string of the molecule is N[C@@H]1N=C2N=C(Br)N=C2C(=O)N1. The van der Waals surface area contributed by atoms with Crippen LogP contribution in [-0.4, -0.2) is 28.5 Å². The van der Waals surface area contributed by atoms with Crippen LogP contribution in [0.1, 0.15) is 0 Å². The normalized spacial score (nSPS) is 27.0. The van der Waals surface area contributed by atoms with E-state index in [0.717, 1.165) is 0 Å². The first-order chi connectivity index (χ1) is 5.66. The van der Waals surface area contributed by atoms with Crippen LogP contribution in [0.4, 0.5) is 0 Å². The van der Waals surface area contributed by atoms with Crippen molar-refractivity contribution in [3.05, 3.63) is 0 Å². The van der Waals surface area contributed by atoms with Crippen molar-refractivity contribution >= 4 is 38.1 Å². The molecule has 2 heterocycles. The fourth-order valence-electron chi connectivity index (χ4n) is 0.917. The molecule has 0 unspecified atom stereocenters. The fraction of sp³-hybridized carbons (Fsp3) is 0.200. The van der Waals surface area contributed by atoms with E-state index in [4.69, 9.17) is 5.73 Å². The summed E-state index contributed by atoms with van der Waals surface area (Å²) >= 11 is 3.04. The van der Waals surface area contributed by atoms with Gasteiger partial charge in [0.2, 0.25) is 0 Å². The summed E-state index contributed by atoms with van der Waals surface area (Å²) in [5.74, 6) is -0.0520. The molecule has 0 saturated carbocycles. The van der Waals surface area contributed by atoms with E-state index in [1.165, 1.54) is 0 Å². The van der Waals surface area contributed by atoms with Crippen LogP contribution < -0.4 is 11.1 Å². The number of nitrogens with one attached hydrogen (secondary N) is 1. The van der Waals surface area contributed by atoms with E-state index in [2.05, 4.69) is 36.2 Å². The number of nitrogens with zero attached hydrogens (tertiary/aromatic N) is 3. The molecule has 0 aromatic carbocycles. The minimum absolute atomic E-state index is 0.212. The van der Waals surface area contributed by atoms with Gasteiger partial charge >= 0.3 is 0 Å². The van der Waals surface area contributed by atoms with Gasteiger partial charge in [0.1, 0.15) is 0 Å². The van der Waals surface area contributed by atoms with Gasteiger partial charge < -0.3 is 5.32 Å². The Bertz CT molecular complexity index is 344. The summed E-state index contributed by atoms with van der Waals surface area (Å²) in [4.78, 5) is 22.7. The Hall–Kier alpha value is -1.08. The van der Waals surface area contributed by atoms with Crippen LogP contribution in [0.5, 0.6) is 0 Å². The molecule has 0 radical (unpaired) electrons. The average molecular weight is 230 g/mol. The second-order valence-electron chi connectivity index (χ2n) is 2.21. The molecule has 0 aromatic rings. The molecule has 62 valence electrons. The molecular formula is C5H4BrN5O. The van der Waals surface area contributed by atoms with E-state index in [-0.39, 0.29) is 17.5 Å². The molecule has 0 saturated heterocycles. The quantitative estimate of drug-likeness (QED) is 0.520. The summed E-state index contributed by atoms with van der Waals surface area (Å²) in [5, 5.41) is 2.40. The minimum atomic E-state index is -0.714. The van der Waals surface area contributed by atoms with Crippen LogP contribution in [-0.2, 0) is 4.79 Å². The van der Waals surface area contributed by atoms with E-state index in [0.29, 0.717) is 4.74 Å². The molecule has 0 aromatic heterocycles. The first-order valence-electron chi connectivity index (χ1n) is 3.14. The van der Waals surface area contributed by atoms with Crippen molar-refractivity contribution in [2.45, 2.75) is 6.29 Å². The van der Waals surface area contributed by atoms with Gasteiger partial charge in [0, 0.05) is 0 Å². The topological polar surface area (TPSA) is 92.2 Å². The average Bonchev–Trinajstić information content (AvgIpc) is 2.29. The number of fused-ring (bicyclic) bond motifs is 1. The largest absolute Gasteiger partial charge is 0.316 e. The first kappa shape index (κ1) is 7.56. The maximum absolute atomic E-state index is 11.1. The van der Waals surface area contributed by atoms with Gasteiger partial charge in [-0.1, -0.05) is 0 Å². The lowest BCUT2D eigenvalue weighted by molar-refractivity contribution is -0.115. The van der Waals surface area contributed by atoms with Gasteiger partial charge in [-0.2, -0.15) is 0 Å². The Morgan fingerprint density at radius 2 is 2.25 bits per heavy atom. The fourth-order valence-corrected chi connectivity index (χ4v) is 1.26. The van der Waals surface area contributed by atoms with Crippen molar-refractivity contribution in [2.24, 2.45) is 20.7 Å². The zero-order chi connectivity index (χ0) is 8.72. The summed E-state index contributed by atoms with van der Waals surface area (Å²) in [5.41, 5.74) is 5.58. The second-order valence-corrected chi connectivity index (χ2v) is 2.92. The highest BCUT2D eigenvalue weighted by atomic mass is 79.9. The van der Waals surface area contributed by atoms with E-state index in [9.17, 15) is 4.79 Å². The van der Waals surface area contributed by atoms with Gasteiger partial charge in [-0.15, -0.1) is 0 Å². The van der Waals surface area contributed by atoms with E-state index in [1.54, 1.807) is 0 Å². The van der Waals surface area contributed by atoms with Crippen molar-refractivity contribution < 1.29 is 4.79 Å². The molecule has 1 amide bonds. The Balaban J connectivity index is 2.46. The third-order valence-electron chi connectivity index (χ3n) is 1.37. The van der Waals surface area contributed by atoms with E-state index >= 15 is 0 Å². The number of halogens is 1. The maximum atomic E-state index is 11.1. The predicted octanol–water partition coefficient (Wildman–Crippen LogP) is -1.04. The van der Waals surface area contributed by atoms with Crippen molar-refractivity contribution in [3.63, 3.8) is 0 Å². The number of rotatable bonds is 0. The summed E-state index contributed by atoms with van der Waals surface area (Å²) in [6.07, 6.45) is -0.714. The van der Waals surface area contributed by atoms with Crippen molar-refractivity contribution in [1.82, 2.24) is 5.32 Å². The lowest BCUT2D eigenvalue weighted by Crippen LogP contribution is -2.49. The van der Waals surface area contributed by atoms with Crippen LogP contribution in [0, 0.1) is 0 Å². The Morgan fingerprint density at radius 1 is 1.50 bits per heavy atom. The molecule has 12 heavy (non-hydrogen) atoms. The summed E-state index contributed by atoms with van der Waals surface area (Å²) in [6, 6.07) is 0. The number of amides is 1. The predicted molar refractivity (Wildman–Crippen MR) is 47.4 cm³/mol. The molecule has 0 bridgehead atoms.